The molecule has 1 saturated carbocycles. The number of hydrogen-bond acceptors (Lipinski definition) is 3. The maximum Gasteiger partial charge on any atom is 0.264 e. The number of hydrogen-bond donors (Lipinski definition) is 1. The number of fused-ring (bicyclic) bond motifs is 1. The van der Waals surface area contributed by atoms with Crippen molar-refractivity contribution in [3.63, 3.8) is 0 Å². The van der Waals surface area contributed by atoms with Crippen molar-refractivity contribution in [1.82, 2.24) is 14.3 Å². The largest absolute Gasteiger partial charge is 0.347 e. The van der Waals surface area contributed by atoms with Crippen LogP contribution in [0.4, 0.5) is 22.0 Å². The van der Waals surface area contributed by atoms with Crippen LogP contribution in [-0.4, -0.2) is 25.4 Å². The van der Waals surface area contributed by atoms with E-state index in [1.54, 1.807) is 0 Å². The highest BCUT2D eigenvalue weighted by Gasteiger charge is 2.29. The van der Waals surface area contributed by atoms with Crippen molar-refractivity contribution in [3.8, 4) is 17.2 Å². The molecule has 0 spiro atoms. The van der Waals surface area contributed by atoms with Gasteiger partial charge in [-0.1, -0.05) is 20.8 Å². The molecule has 0 bridgehead atoms. The van der Waals surface area contributed by atoms with Crippen molar-refractivity contribution < 1.29 is 26.2 Å². The lowest BCUT2D eigenvalue weighted by atomic mass is 9.95. The SMILES string of the molecule is CC(C)(C)Cn1cc(CNS(=O)C2CC2)c2cc(F)c(-c3c(C(F)F)ccnc3C#N)cc21.CC(F)F. The highest BCUT2D eigenvalue weighted by Crippen LogP contribution is 2.38. The van der Waals surface area contributed by atoms with E-state index < -0.39 is 35.2 Å². The van der Waals surface area contributed by atoms with E-state index >= 15 is 4.39 Å². The third-order valence-electron chi connectivity index (χ3n) is 5.52. The van der Waals surface area contributed by atoms with Gasteiger partial charge in [0.2, 0.25) is 6.43 Å². The van der Waals surface area contributed by atoms with Gasteiger partial charge in [-0.15, -0.1) is 0 Å². The zero-order chi connectivity index (χ0) is 27.5. The third-order valence-corrected chi connectivity index (χ3v) is 7.03. The predicted octanol–water partition coefficient (Wildman–Crippen LogP) is 6.88. The minimum Gasteiger partial charge on any atom is -0.347 e. The summed E-state index contributed by atoms with van der Waals surface area (Å²) in [5.41, 5.74) is 0.363. The van der Waals surface area contributed by atoms with Gasteiger partial charge in [0.15, 0.2) is 0 Å². The molecule has 0 saturated heterocycles. The Morgan fingerprint density at radius 2 is 1.89 bits per heavy atom. The average Bonchev–Trinajstić information content (AvgIpc) is 3.60. The molecule has 11 heteroatoms. The van der Waals surface area contributed by atoms with Gasteiger partial charge in [0.05, 0.1) is 11.0 Å². The minimum atomic E-state index is -2.89. The van der Waals surface area contributed by atoms with Gasteiger partial charge in [0.1, 0.15) is 17.6 Å². The fourth-order valence-electron chi connectivity index (χ4n) is 3.93. The fourth-order valence-corrected chi connectivity index (χ4v) is 5.03. The normalized spacial score (nSPS) is 14.5. The molecule has 5 nitrogen and oxygen atoms in total. The number of benzene rings is 1. The maximum absolute atomic E-state index is 15.4. The van der Waals surface area contributed by atoms with Crippen molar-refractivity contribution in [1.29, 1.82) is 5.26 Å². The molecular weight excluding hydrogens is 511 g/mol. The van der Waals surface area contributed by atoms with E-state index in [9.17, 15) is 27.0 Å². The molecule has 3 aromatic rings. The Balaban J connectivity index is 0.000000886. The predicted molar refractivity (Wildman–Crippen MR) is 134 cm³/mol. The van der Waals surface area contributed by atoms with Crippen LogP contribution >= 0.6 is 0 Å². The zero-order valence-corrected chi connectivity index (χ0v) is 21.8. The van der Waals surface area contributed by atoms with Crippen LogP contribution in [0.15, 0.2) is 30.6 Å². The average molecular weight is 541 g/mol. The Labute approximate surface area is 215 Å². The van der Waals surface area contributed by atoms with Gasteiger partial charge in [-0.05, 0) is 48.9 Å². The van der Waals surface area contributed by atoms with Crippen LogP contribution in [0.25, 0.3) is 22.0 Å². The van der Waals surface area contributed by atoms with Crippen LogP contribution in [0.3, 0.4) is 0 Å². The van der Waals surface area contributed by atoms with Gasteiger partial charge in [-0.25, -0.2) is 35.9 Å². The molecule has 0 amide bonds. The first kappa shape index (κ1) is 28.7. The summed E-state index contributed by atoms with van der Waals surface area (Å²) >= 11 is 0. The summed E-state index contributed by atoms with van der Waals surface area (Å²) in [5, 5.41) is 10.2. The maximum atomic E-state index is 15.4. The molecule has 0 radical (unpaired) electrons. The molecule has 1 unspecified atom stereocenters. The molecule has 1 fully saturated rings. The van der Waals surface area contributed by atoms with Crippen LogP contribution in [0.1, 0.15) is 63.8 Å². The van der Waals surface area contributed by atoms with E-state index in [0.29, 0.717) is 24.0 Å². The molecule has 1 N–H and O–H groups in total. The standard InChI is InChI=1S/C24H25F3N4OS.C2H4F2/c1-24(2,3)13-31-12-14(11-30-33(32)15-4-5-15)17-8-19(25)18(9-21(17)31)22-16(23(26)27)6-7-29-20(22)10-28;1-2(3)4/h6-9,12,15,23,30H,4-5,11,13H2,1-3H3;2H,1H3. The molecule has 2 aromatic heterocycles. The number of halogens is 5. The second kappa shape index (κ2) is 11.7. The summed E-state index contributed by atoms with van der Waals surface area (Å²) in [7, 11) is -1.15. The number of nitriles is 1. The monoisotopic (exact) mass is 540 g/mol. The van der Waals surface area contributed by atoms with Gasteiger partial charge in [-0.2, -0.15) is 5.26 Å². The molecule has 4 rings (SSSR count). The summed E-state index contributed by atoms with van der Waals surface area (Å²) in [6.45, 7) is 7.92. The molecule has 37 heavy (non-hydrogen) atoms. The van der Waals surface area contributed by atoms with Crippen LogP contribution in [0.2, 0.25) is 0 Å². The first-order valence-electron chi connectivity index (χ1n) is 11.7. The highest BCUT2D eigenvalue weighted by atomic mass is 32.2. The Bertz CT molecular complexity index is 1320. The van der Waals surface area contributed by atoms with E-state index in [-0.39, 0.29) is 27.5 Å². The van der Waals surface area contributed by atoms with Gasteiger partial charge in [0.25, 0.3) is 6.43 Å². The van der Waals surface area contributed by atoms with Crippen molar-refractivity contribution in [2.75, 3.05) is 0 Å². The zero-order valence-electron chi connectivity index (χ0n) is 21.0. The Morgan fingerprint density at radius 3 is 2.43 bits per heavy atom. The lowest BCUT2D eigenvalue weighted by molar-refractivity contribution is 0.152. The van der Waals surface area contributed by atoms with E-state index in [1.807, 2.05) is 16.8 Å². The van der Waals surface area contributed by atoms with E-state index in [2.05, 4.69) is 30.5 Å². The second-order valence-corrected chi connectivity index (χ2v) is 11.6. The van der Waals surface area contributed by atoms with Crippen molar-refractivity contribution in [3.05, 3.63) is 53.2 Å². The Morgan fingerprint density at radius 1 is 1.24 bits per heavy atom. The summed E-state index contributed by atoms with van der Waals surface area (Å²) in [5.74, 6) is -0.716. The summed E-state index contributed by atoms with van der Waals surface area (Å²) in [6, 6.07) is 5.75. The smallest absolute Gasteiger partial charge is 0.264 e. The van der Waals surface area contributed by atoms with Gasteiger partial charge in [0, 0.05) is 58.3 Å². The molecular formula is C26H29F5N4OS. The van der Waals surface area contributed by atoms with Crippen molar-refractivity contribution >= 4 is 21.9 Å². The van der Waals surface area contributed by atoms with Crippen LogP contribution < -0.4 is 4.72 Å². The first-order valence-corrected chi connectivity index (χ1v) is 12.9. The lowest BCUT2D eigenvalue weighted by Gasteiger charge is -2.20. The second-order valence-electron chi connectivity index (χ2n) is 10.1. The molecule has 1 aliphatic carbocycles. The number of alkyl halides is 4. The first-order chi connectivity index (χ1) is 17.3. The van der Waals surface area contributed by atoms with Gasteiger partial charge >= 0.3 is 0 Å². The number of aromatic nitrogens is 2. The van der Waals surface area contributed by atoms with Crippen LogP contribution in [-0.2, 0) is 24.1 Å². The summed E-state index contributed by atoms with van der Waals surface area (Å²) < 4.78 is 80.7. The molecule has 200 valence electrons. The topological polar surface area (TPSA) is 70.7 Å². The van der Waals surface area contributed by atoms with Crippen LogP contribution in [0, 0.1) is 22.6 Å². The summed E-state index contributed by atoms with van der Waals surface area (Å²) in [6.07, 6.45) is -0.168. The number of pyridine rings is 1. The van der Waals surface area contributed by atoms with Gasteiger partial charge < -0.3 is 4.57 Å². The molecule has 0 aliphatic heterocycles. The van der Waals surface area contributed by atoms with E-state index in [4.69, 9.17) is 0 Å². The third kappa shape index (κ3) is 7.36. The quantitative estimate of drug-likeness (QED) is 0.332. The molecule has 1 atom stereocenters. The lowest BCUT2D eigenvalue weighted by Crippen LogP contribution is -2.19. The van der Waals surface area contributed by atoms with Gasteiger partial charge in [-0.3, -0.25) is 0 Å². The van der Waals surface area contributed by atoms with Crippen LogP contribution in [0.5, 0.6) is 0 Å². The number of rotatable bonds is 7. The fraction of sp³-hybridized carbons (Fsp3) is 0.462. The van der Waals surface area contributed by atoms with E-state index in [0.717, 1.165) is 37.6 Å². The minimum absolute atomic E-state index is 0.0863. The number of nitrogens with zero attached hydrogens (tertiary/aromatic N) is 3. The van der Waals surface area contributed by atoms with E-state index in [1.165, 1.54) is 12.1 Å². The Kier molecular flexibility index (Phi) is 9.08. The summed E-state index contributed by atoms with van der Waals surface area (Å²) in [4.78, 5) is 3.88. The molecule has 1 aliphatic rings. The van der Waals surface area contributed by atoms with Crippen molar-refractivity contribution in [2.24, 2.45) is 5.41 Å². The highest BCUT2D eigenvalue weighted by molar-refractivity contribution is 7.83. The molecule has 1 aromatic carbocycles. The molecule has 2 heterocycles. The number of nitrogens with one attached hydrogen (secondary N) is 1. The van der Waals surface area contributed by atoms with Crippen molar-refractivity contribution in [2.45, 2.75) is 71.7 Å². The Hall–Kier alpha value is -2.84.